The number of carbonyl (C=O) groups is 1. The molecule has 2 heterocycles. The van der Waals surface area contributed by atoms with Gasteiger partial charge in [-0.05, 0) is 55.7 Å². The molecule has 27 heavy (non-hydrogen) atoms. The van der Waals surface area contributed by atoms with Crippen LogP contribution >= 0.6 is 15.9 Å². The minimum Gasteiger partial charge on any atom is -0.356 e. The highest BCUT2D eigenvalue weighted by Crippen LogP contribution is 2.29. The molecule has 8 heteroatoms. The summed E-state index contributed by atoms with van der Waals surface area (Å²) in [5.41, 5.74) is 0.788. The van der Waals surface area contributed by atoms with Crippen LogP contribution in [-0.4, -0.2) is 30.0 Å². The number of pyridine rings is 1. The number of amides is 1. The highest BCUT2D eigenvalue weighted by Gasteiger charge is 2.31. The highest BCUT2D eigenvalue weighted by molar-refractivity contribution is 9.10. The summed E-state index contributed by atoms with van der Waals surface area (Å²) in [4.78, 5) is 18.3. The third-order valence-corrected chi connectivity index (χ3v) is 5.16. The van der Waals surface area contributed by atoms with E-state index in [4.69, 9.17) is 0 Å². The summed E-state index contributed by atoms with van der Waals surface area (Å²) in [7, 11) is 0. The van der Waals surface area contributed by atoms with Crippen molar-refractivity contribution >= 4 is 27.7 Å². The van der Waals surface area contributed by atoms with Gasteiger partial charge >= 0.3 is 6.18 Å². The maximum atomic E-state index is 12.6. The molecule has 0 unspecified atom stereocenters. The molecule has 1 aliphatic heterocycles. The summed E-state index contributed by atoms with van der Waals surface area (Å²) < 4.78 is 38.8. The molecule has 0 atom stereocenters. The largest absolute Gasteiger partial charge is 0.417 e. The minimum absolute atomic E-state index is 0.0336. The maximum absolute atomic E-state index is 12.6. The highest BCUT2D eigenvalue weighted by atomic mass is 79.9. The number of anilines is 1. The molecule has 4 nitrogen and oxygen atoms in total. The van der Waals surface area contributed by atoms with E-state index in [9.17, 15) is 18.0 Å². The van der Waals surface area contributed by atoms with Crippen molar-refractivity contribution in [1.29, 1.82) is 0 Å². The zero-order valence-electron chi connectivity index (χ0n) is 14.7. The standard InChI is InChI=1S/C19H19BrF3N3O/c1-12-10-14(20)3-4-16(12)18(27)25-15-6-8-26(9-7-15)17-5-2-13(11-24-17)19(21,22)23/h2-5,10-11,15H,6-9H2,1H3,(H,25,27). The number of hydrogen-bond donors (Lipinski definition) is 1. The summed E-state index contributed by atoms with van der Waals surface area (Å²) >= 11 is 3.38. The molecule has 1 aliphatic rings. The number of aryl methyl sites for hydroxylation is 1. The molecule has 0 saturated carbocycles. The number of hydrogen-bond acceptors (Lipinski definition) is 3. The monoisotopic (exact) mass is 441 g/mol. The van der Waals surface area contributed by atoms with Gasteiger partial charge in [0, 0.05) is 35.4 Å². The van der Waals surface area contributed by atoms with Gasteiger partial charge in [0.15, 0.2) is 0 Å². The van der Waals surface area contributed by atoms with Crippen LogP contribution in [0.3, 0.4) is 0 Å². The predicted molar refractivity (Wildman–Crippen MR) is 101 cm³/mol. The Bertz CT molecular complexity index is 816. The lowest BCUT2D eigenvalue weighted by Gasteiger charge is -2.33. The summed E-state index contributed by atoms with van der Waals surface area (Å²) in [6.07, 6.45) is -2.10. The number of aromatic nitrogens is 1. The van der Waals surface area contributed by atoms with Crippen LogP contribution in [0.25, 0.3) is 0 Å². The van der Waals surface area contributed by atoms with E-state index in [2.05, 4.69) is 26.2 Å². The lowest BCUT2D eigenvalue weighted by atomic mass is 10.0. The van der Waals surface area contributed by atoms with Gasteiger partial charge in [-0.2, -0.15) is 13.2 Å². The average Bonchev–Trinajstić information content (AvgIpc) is 2.61. The van der Waals surface area contributed by atoms with E-state index in [1.54, 1.807) is 6.07 Å². The van der Waals surface area contributed by atoms with Crippen LogP contribution < -0.4 is 10.2 Å². The maximum Gasteiger partial charge on any atom is 0.417 e. The third kappa shape index (κ3) is 4.80. The molecule has 2 aromatic rings. The van der Waals surface area contributed by atoms with Crippen LogP contribution in [0.5, 0.6) is 0 Å². The van der Waals surface area contributed by atoms with Crippen LogP contribution in [0, 0.1) is 6.92 Å². The van der Waals surface area contributed by atoms with Crippen molar-refractivity contribution in [3.63, 3.8) is 0 Å². The molecular formula is C19H19BrF3N3O. The minimum atomic E-state index is -4.38. The molecule has 1 N–H and O–H groups in total. The Labute approximate surface area is 163 Å². The van der Waals surface area contributed by atoms with E-state index >= 15 is 0 Å². The van der Waals surface area contributed by atoms with Gasteiger partial charge in [-0.15, -0.1) is 0 Å². The van der Waals surface area contributed by atoms with Crippen LogP contribution in [0.4, 0.5) is 19.0 Å². The van der Waals surface area contributed by atoms with Crippen LogP contribution in [-0.2, 0) is 6.18 Å². The van der Waals surface area contributed by atoms with E-state index in [1.165, 1.54) is 6.07 Å². The van der Waals surface area contributed by atoms with Crippen LogP contribution in [0.2, 0.25) is 0 Å². The second-order valence-corrected chi connectivity index (χ2v) is 7.51. The molecule has 1 amide bonds. The number of nitrogens with one attached hydrogen (secondary N) is 1. The van der Waals surface area contributed by atoms with Crippen molar-refractivity contribution in [2.24, 2.45) is 0 Å². The number of benzene rings is 1. The summed E-state index contributed by atoms with van der Waals surface area (Å²) in [6.45, 7) is 3.14. The molecule has 3 rings (SSSR count). The van der Waals surface area contributed by atoms with Crippen molar-refractivity contribution in [3.8, 4) is 0 Å². The Hall–Kier alpha value is -2.09. The first-order valence-electron chi connectivity index (χ1n) is 8.59. The van der Waals surface area contributed by atoms with Gasteiger partial charge in [0.1, 0.15) is 5.82 Å². The van der Waals surface area contributed by atoms with Crippen molar-refractivity contribution in [1.82, 2.24) is 10.3 Å². The van der Waals surface area contributed by atoms with Gasteiger partial charge in [0.2, 0.25) is 0 Å². The quantitative estimate of drug-likeness (QED) is 0.758. The van der Waals surface area contributed by atoms with E-state index < -0.39 is 11.7 Å². The molecule has 0 aliphatic carbocycles. The second kappa shape index (κ2) is 7.88. The summed E-state index contributed by atoms with van der Waals surface area (Å²) in [6, 6.07) is 8.00. The Morgan fingerprint density at radius 2 is 1.93 bits per heavy atom. The van der Waals surface area contributed by atoms with E-state index in [0.29, 0.717) is 37.3 Å². The zero-order valence-corrected chi connectivity index (χ0v) is 16.3. The normalized spacial score (nSPS) is 15.7. The first-order chi connectivity index (χ1) is 12.7. The molecule has 144 valence electrons. The van der Waals surface area contributed by atoms with Gasteiger partial charge in [0.05, 0.1) is 5.56 Å². The number of rotatable bonds is 3. The molecule has 0 radical (unpaired) electrons. The SMILES string of the molecule is Cc1cc(Br)ccc1C(=O)NC1CCN(c2ccc(C(F)(F)F)cn2)CC1. The molecule has 1 aromatic heterocycles. The predicted octanol–water partition coefficient (Wildman–Crippen LogP) is 4.57. The zero-order chi connectivity index (χ0) is 19.6. The molecule has 1 aromatic carbocycles. The lowest BCUT2D eigenvalue weighted by Crippen LogP contribution is -2.45. The molecular weight excluding hydrogens is 423 g/mol. The number of halogens is 4. The number of nitrogens with zero attached hydrogens (tertiary/aromatic N) is 2. The van der Waals surface area contributed by atoms with Gasteiger partial charge in [-0.1, -0.05) is 15.9 Å². The smallest absolute Gasteiger partial charge is 0.356 e. The molecule has 1 fully saturated rings. The Kier molecular flexibility index (Phi) is 5.74. The Morgan fingerprint density at radius 1 is 1.22 bits per heavy atom. The number of alkyl halides is 3. The van der Waals surface area contributed by atoms with Gasteiger partial charge < -0.3 is 10.2 Å². The summed E-state index contributed by atoms with van der Waals surface area (Å²) in [5.74, 6) is 0.419. The van der Waals surface area contributed by atoms with E-state index in [0.717, 1.165) is 22.3 Å². The first-order valence-corrected chi connectivity index (χ1v) is 9.38. The van der Waals surface area contributed by atoms with Crippen molar-refractivity contribution in [2.75, 3.05) is 18.0 Å². The van der Waals surface area contributed by atoms with Gasteiger partial charge in [-0.25, -0.2) is 4.98 Å². The Morgan fingerprint density at radius 3 is 2.48 bits per heavy atom. The molecule has 1 saturated heterocycles. The van der Waals surface area contributed by atoms with Crippen molar-refractivity contribution < 1.29 is 18.0 Å². The summed E-state index contributed by atoms with van der Waals surface area (Å²) in [5, 5.41) is 3.05. The van der Waals surface area contributed by atoms with Crippen LogP contribution in [0.1, 0.15) is 34.3 Å². The second-order valence-electron chi connectivity index (χ2n) is 6.60. The van der Waals surface area contributed by atoms with Gasteiger partial charge in [0.25, 0.3) is 5.91 Å². The fourth-order valence-corrected chi connectivity index (χ4v) is 3.61. The fraction of sp³-hybridized carbons (Fsp3) is 0.368. The van der Waals surface area contributed by atoms with Crippen LogP contribution in [0.15, 0.2) is 41.0 Å². The van der Waals surface area contributed by atoms with Crippen molar-refractivity contribution in [2.45, 2.75) is 32.0 Å². The average molecular weight is 442 g/mol. The van der Waals surface area contributed by atoms with Gasteiger partial charge in [-0.3, -0.25) is 4.79 Å². The topological polar surface area (TPSA) is 45.2 Å². The number of piperidine rings is 1. The van der Waals surface area contributed by atoms with E-state index in [1.807, 2.05) is 24.0 Å². The number of carbonyl (C=O) groups excluding carboxylic acids is 1. The first kappa shape index (κ1) is 19.7. The fourth-order valence-electron chi connectivity index (χ4n) is 3.14. The molecule has 0 spiro atoms. The molecule has 0 bridgehead atoms. The lowest BCUT2D eigenvalue weighted by molar-refractivity contribution is -0.137. The van der Waals surface area contributed by atoms with Crippen molar-refractivity contribution in [3.05, 3.63) is 57.7 Å². The van der Waals surface area contributed by atoms with E-state index in [-0.39, 0.29) is 11.9 Å². The Balaban J connectivity index is 1.56. The third-order valence-electron chi connectivity index (χ3n) is 4.66.